The summed E-state index contributed by atoms with van der Waals surface area (Å²) in [6, 6.07) is 0. The van der Waals surface area contributed by atoms with Crippen molar-refractivity contribution >= 4 is 0 Å². The van der Waals surface area contributed by atoms with Crippen LogP contribution in [0.5, 0.6) is 0 Å². The van der Waals surface area contributed by atoms with Gasteiger partial charge in [-0.1, -0.05) is 0 Å². The number of hydrogen-bond acceptors (Lipinski definition) is 1. The summed E-state index contributed by atoms with van der Waals surface area (Å²) in [4.78, 5) is 0. The van der Waals surface area contributed by atoms with Gasteiger partial charge in [-0.25, -0.2) is 0 Å². The molecule has 0 aromatic carbocycles. The summed E-state index contributed by atoms with van der Waals surface area (Å²) in [6.45, 7) is 0. The minimum absolute atomic E-state index is 0.402. The Morgan fingerprint density at radius 1 is 1.25 bits per heavy atom. The monoisotopic (exact) mass is 226 g/mol. The predicted molar refractivity (Wildman–Crippen MR) is 31.3 cm³/mol. The van der Waals surface area contributed by atoms with Gasteiger partial charge in [0, 0.05) is 0 Å². The van der Waals surface area contributed by atoms with Gasteiger partial charge in [0.2, 0.25) is 0 Å². The zero-order valence-corrected chi connectivity index (χ0v) is 7.23. The van der Waals surface area contributed by atoms with E-state index in [1.165, 1.54) is 30.1 Å². The third-order valence-electron chi connectivity index (χ3n) is 1.42. The topological polar surface area (TPSA) is 26.0 Å². The van der Waals surface area contributed by atoms with Crippen LogP contribution in [0, 0.1) is 0 Å². The van der Waals surface area contributed by atoms with Gasteiger partial charge in [-0.3, -0.25) is 0 Å². The first-order chi connectivity index (χ1) is 3.89. The molecule has 1 rings (SSSR count). The van der Waals surface area contributed by atoms with E-state index in [1.54, 1.807) is 0 Å². The number of rotatable bonds is 0. The third kappa shape index (κ3) is 2.31. The van der Waals surface area contributed by atoms with Crippen LogP contribution in [0.4, 0.5) is 0 Å². The van der Waals surface area contributed by atoms with E-state index >= 15 is 0 Å². The molecule has 1 unspecified atom stereocenters. The van der Waals surface area contributed by atoms with Crippen molar-refractivity contribution in [1.29, 1.82) is 0 Å². The second-order valence-corrected chi connectivity index (χ2v) is 5.77. The van der Waals surface area contributed by atoms with Crippen LogP contribution in [0.1, 0.15) is 25.7 Å². The van der Waals surface area contributed by atoms with Gasteiger partial charge < -0.3 is 0 Å². The molecule has 0 aromatic heterocycles. The number of halogens is 1. The van der Waals surface area contributed by atoms with Crippen LogP contribution < -0.4 is 26.9 Å². The molecule has 1 aliphatic heterocycles. The molecule has 2 heteroatoms. The van der Waals surface area contributed by atoms with Gasteiger partial charge in [0.05, 0.1) is 0 Å². The van der Waals surface area contributed by atoms with Crippen molar-refractivity contribution in [2.24, 2.45) is 5.73 Å². The molecule has 1 atom stereocenters. The second kappa shape index (κ2) is 3.67. The van der Waals surface area contributed by atoms with Crippen molar-refractivity contribution < 1.29 is 21.2 Å². The molecule has 0 aromatic rings. The van der Waals surface area contributed by atoms with E-state index < -0.39 is 0 Å². The van der Waals surface area contributed by atoms with Crippen molar-refractivity contribution in [3.05, 3.63) is 0 Å². The van der Waals surface area contributed by atoms with Crippen molar-refractivity contribution in [3.63, 3.8) is 0 Å². The Morgan fingerprint density at radius 3 is 3.00 bits per heavy atom. The van der Waals surface area contributed by atoms with Crippen molar-refractivity contribution in [3.8, 4) is 0 Å². The van der Waals surface area contributed by atoms with E-state index in [-0.39, 0.29) is 0 Å². The molecule has 1 heterocycles. The molecule has 1 aliphatic rings. The van der Waals surface area contributed by atoms with Crippen molar-refractivity contribution in [2.45, 2.75) is 29.7 Å². The first-order valence-corrected chi connectivity index (χ1v) is 6.00. The molecule has 0 spiro atoms. The fourth-order valence-electron chi connectivity index (χ4n) is 0.905. The fourth-order valence-corrected chi connectivity index (χ4v) is 3.57. The van der Waals surface area contributed by atoms with Crippen molar-refractivity contribution in [2.75, 3.05) is 4.43 Å². The molecule has 0 aliphatic carbocycles. The molecular weight excluding hydrogens is 213 g/mol. The van der Waals surface area contributed by atoms with Crippen LogP contribution in [0.3, 0.4) is 0 Å². The van der Waals surface area contributed by atoms with Crippen LogP contribution in [0.25, 0.3) is 0 Å². The number of nitrogens with two attached hydrogens (primary N) is 1. The normalized spacial score (nSPS) is 32.9. The molecule has 1 fully saturated rings. The second-order valence-electron chi connectivity index (χ2n) is 2.21. The Morgan fingerprint density at radius 2 is 2.12 bits per heavy atom. The standard InChI is InChI=1S/C6H13IN/c8-6-4-2-1-3-5-7-6/h6H,1-5,8H2/q-1. The molecule has 1 nitrogen and oxygen atoms in total. The molecule has 50 valence electrons. The third-order valence-corrected chi connectivity index (χ3v) is 4.56. The summed E-state index contributed by atoms with van der Waals surface area (Å²) in [5.41, 5.74) is 5.78. The van der Waals surface area contributed by atoms with Gasteiger partial charge in [-0.05, 0) is 0 Å². The summed E-state index contributed by atoms with van der Waals surface area (Å²) in [5, 5.41) is 0. The molecule has 1 saturated heterocycles. The van der Waals surface area contributed by atoms with Gasteiger partial charge in [-0.2, -0.15) is 0 Å². The van der Waals surface area contributed by atoms with E-state index in [0.717, 1.165) is 0 Å². The molecule has 2 N–H and O–H groups in total. The maximum absolute atomic E-state index is 5.78. The van der Waals surface area contributed by atoms with E-state index in [2.05, 4.69) is 0 Å². The summed E-state index contributed by atoms with van der Waals surface area (Å²) in [7, 11) is 0. The Balaban J connectivity index is 2.17. The minimum atomic E-state index is 0.402. The van der Waals surface area contributed by atoms with E-state index in [9.17, 15) is 0 Å². The zero-order valence-electron chi connectivity index (χ0n) is 5.07. The number of alkyl halides is 2. The molecule has 0 radical (unpaired) electrons. The Kier molecular flexibility index (Phi) is 3.12. The quantitative estimate of drug-likeness (QED) is 0.287. The van der Waals surface area contributed by atoms with Crippen LogP contribution >= 0.6 is 0 Å². The molecule has 0 saturated carbocycles. The summed E-state index contributed by atoms with van der Waals surface area (Å²) in [5.74, 6) is 0. The summed E-state index contributed by atoms with van der Waals surface area (Å²) < 4.78 is 2.11. The average molecular weight is 226 g/mol. The molecule has 8 heavy (non-hydrogen) atoms. The van der Waals surface area contributed by atoms with E-state index in [1.807, 2.05) is 0 Å². The predicted octanol–water partition coefficient (Wildman–Crippen LogP) is -2.07. The summed E-state index contributed by atoms with van der Waals surface area (Å²) >= 11 is 0.402. The maximum atomic E-state index is 5.78. The Hall–Kier alpha value is 0.690. The summed E-state index contributed by atoms with van der Waals surface area (Å²) in [6.07, 6.45) is 5.60. The van der Waals surface area contributed by atoms with E-state index in [0.29, 0.717) is 25.3 Å². The zero-order chi connectivity index (χ0) is 5.82. The molecular formula is C6H13IN-. The average Bonchev–Trinajstić information content (AvgIpc) is 1.94. The number of hydrogen-bond donors (Lipinski definition) is 1. The first kappa shape index (κ1) is 6.81. The van der Waals surface area contributed by atoms with Crippen LogP contribution in [-0.2, 0) is 0 Å². The van der Waals surface area contributed by atoms with Crippen LogP contribution in [-0.4, -0.2) is 8.48 Å². The fraction of sp³-hybridized carbons (Fsp3) is 1.00. The van der Waals surface area contributed by atoms with Gasteiger partial charge in [0.15, 0.2) is 0 Å². The van der Waals surface area contributed by atoms with Crippen molar-refractivity contribution in [1.82, 2.24) is 0 Å². The molecule has 0 amide bonds. The van der Waals surface area contributed by atoms with Gasteiger partial charge in [0.1, 0.15) is 0 Å². The van der Waals surface area contributed by atoms with Gasteiger partial charge in [0.25, 0.3) is 0 Å². The Labute approximate surface area is 61.3 Å². The van der Waals surface area contributed by atoms with E-state index in [4.69, 9.17) is 5.73 Å². The molecule has 0 bridgehead atoms. The first-order valence-electron chi connectivity index (χ1n) is 3.23. The van der Waals surface area contributed by atoms with Crippen LogP contribution in [0.2, 0.25) is 0 Å². The van der Waals surface area contributed by atoms with Gasteiger partial charge in [-0.15, -0.1) is 0 Å². The van der Waals surface area contributed by atoms with Crippen LogP contribution in [0.15, 0.2) is 0 Å². The SMILES string of the molecule is NC1CCCCC[I-]1. The van der Waals surface area contributed by atoms with Gasteiger partial charge >= 0.3 is 61.1 Å². The Bertz CT molecular complexity index is 57.5.